The smallest absolute Gasteiger partial charge is 0.220 e. The predicted octanol–water partition coefficient (Wildman–Crippen LogP) is 2.44. The monoisotopic (exact) mass is 234 g/mol. The molecule has 1 unspecified atom stereocenters. The number of hydrogen-bond acceptors (Lipinski definition) is 3. The number of furan rings is 1. The molecule has 0 spiro atoms. The molecule has 1 aromatic heterocycles. The van der Waals surface area contributed by atoms with Gasteiger partial charge in [0.1, 0.15) is 11.7 Å². The van der Waals surface area contributed by atoms with E-state index in [1.54, 1.807) is 18.4 Å². The van der Waals surface area contributed by atoms with Gasteiger partial charge in [-0.25, -0.2) is 0 Å². The molecule has 1 N–H and O–H groups in total. The highest BCUT2D eigenvalue weighted by molar-refractivity contribution is 5.75. The second kappa shape index (κ2) is 6.74. The van der Waals surface area contributed by atoms with E-state index in [1.165, 1.54) is 0 Å². The highest BCUT2D eigenvalue weighted by Gasteiger charge is 2.15. The Kier molecular flexibility index (Phi) is 5.28. The summed E-state index contributed by atoms with van der Waals surface area (Å²) in [5, 5.41) is 11.8. The number of hydrogen-bond donors (Lipinski definition) is 1. The van der Waals surface area contributed by atoms with E-state index in [-0.39, 0.29) is 11.8 Å². The molecule has 0 bridgehead atoms. The molecule has 0 aliphatic heterocycles. The van der Waals surface area contributed by atoms with Crippen LogP contribution in [0.4, 0.5) is 0 Å². The lowest BCUT2D eigenvalue weighted by molar-refractivity contribution is -0.121. The maximum absolute atomic E-state index is 11.5. The lowest BCUT2D eigenvalue weighted by atomic mass is 10.0. The molecule has 0 radical (unpaired) electrons. The van der Waals surface area contributed by atoms with Crippen molar-refractivity contribution in [3.05, 3.63) is 24.2 Å². The predicted molar refractivity (Wildman–Crippen MR) is 64.1 cm³/mol. The molecule has 0 saturated heterocycles. The number of amides is 1. The first-order chi connectivity index (χ1) is 8.13. The van der Waals surface area contributed by atoms with E-state index in [9.17, 15) is 4.79 Å². The van der Waals surface area contributed by atoms with Gasteiger partial charge in [-0.15, -0.1) is 0 Å². The number of nitrogens with one attached hydrogen (secondary N) is 1. The number of rotatable bonds is 6. The van der Waals surface area contributed by atoms with Gasteiger partial charge in [0, 0.05) is 13.0 Å². The summed E-state index contributed by atoms with van der Waals surface area (Å²) in [7, 11) is 0. The number of nitriles is 1. The van der Waals surface area contributed by atoms with Crippen LogP contribution in [0.5, 0.6) is 0 Å². The molecule has 1 heterocycles. The summed E-state index contributed by atoms with van der Waals surface area (Å²) in [6, 6.07) is 5.66. The Hall–Kier alpha value is -1.76. The number of carbonyl (C=O) groups is 1. The van der Waals surface area contributed by atoms with Crippen molar-refractivity contribution in [1.29, 1.82) is 5.26 Å². The standard InChI is InChI=1S/C13H18N2O2/c1-10(2)9-15-13(16)6-5-11(8-14)12-4-3-7-17-12/h3-4,7,10-11H,5-6,9H2,1-2H3,(H,15,16). The molecule has 0 fully saturated rings. The van der Waals surface area contributed by atoms with Gasteiger partial charge in [-0.2, -0.15) is 5.26 Å². The van der Waals surface area contributed by atoms with E-state index in [0.717, 1.165) is 0 Å². The van der Waals surface area contributed by atoms with E-state index >= 15 is 0 Å². The van der Waals surface area contributed by atoms with Crippen LogP contribution in [0.3, 0.4) is 0 Å². The Morgan fingerprint density at radius 3 is 2.88 bits per heavy atom. The van der Waals surface area contributed by atoms with Crippen molar-refractivity contribution in [1.82, 2.24) is 5.32 Å². The van der Waals surface area contributed by atoms with E-state index < -0.39 is 0 Å². The Morgan fingerprint density at radius 2 is 2.35 bits per heavy atom. The second-order valence-electron chi connectivity index (χ2n) is 4.43. The molecule has 4 nitrogen and oxygen atoms in total. The molecule has 0 aromatic carbocycles. The SMILES string of the molecule is CC(C)CNC(=O)CCC(C#N)c1ccco1. The summed E-state index contributed by atoms with van der Waals surface area (Å²) in [6.45, 7) is 4.76. The van der Waals surface area contributed by atoms with Crippen molar-refractivity contribution in [3.63, 3.8) is 0 Å². The van der Waals surface area contributed by atoms with Gasteiger partial charge in [0.2, 0.25) is 5.91 Å². The second-order valence-corrected chi connectivity index (χ2v) is 4.43. The highest BCUT2D eigenvalue weighted by Crippen LogP contribution is 2.20. The van der Waals surface area contributed by atoms with E-state index in [2.05, 4.69) is 11.4 Å². The third-order valence-corrected chi connectivity index (χ3v) is 2.41. The molecular weight excluding hydrogens is 216 g/mol. The topological polar surface area (TPSA) is 66.0 Å². The van der Waals surface area contributed by atoms with Crippen LogP contribution in [0, 0.1) is 17.2 Å². The van der Waals surface area contributed by atoms with Gasteiger partial charge in [-0.3, -0.25) is 4.79 Å². The molecular formula is C13H18N2O2. The van der Waals surface area contributed by atoms with Crippen LogP contribution in [0.15, 0.2) is 22.8 Å². The zero-order valence-corrected chi connectivity index (χ0v) is 10.3. The molecule has 1 aromatic rings. The summed E-state index contributed by atoms with van der Waals surface area (Å²) >= 11 is 0. The number of nitrogens with zero attached hydrogens (tertiary/aromatic N) is 1. The summed E-state index contributed by atoms with van der Waals surface area (Å²) in [4.78, 5) is 11.5. The van der Waals surface area contributed by atoms with Crippen LogP contribution in [0.25, 0.3) is 0 Å². The zero-order valence-electron chi connectivity index (χ0n) is 10.3. The van der Waals surface area contributed by atoms with Crippen LogP contribution in [-0.2, 0) is 4.79 Å². The summed E-state index contributed by atoms with van der Waals surface area (Å²) in [5.41, 5.74) is 0. The first-order valence-corrected chi connectivity index (χ1v) is 5.83. The summed E-state index contributed by atoms with van der Waals surface area (Å²) in [5.74, 6) is 0.722. The molecule has 92 valence electrons. The van der Waals surface area contributed by atoms with E-state index in [4.69, 9.17) is 9.68 Å². The fourth-order valence-corrected chi connectivity index (χ4v) is 1.44. The van der Waals surface area contributed by atoms with Crippen LogP contribution in [0.2, 0.25) is 0 Å². The van der Waals surface area contributed by atoms with Crippen LogP contribution in [-0.4, -0.2) is 12.5 Å². The Bertz CT molecular complexity index is 377. The fraction of sp³-hybridized carbons (Fsp3) is 0.538. The third-order valence-electron chi connectivity index (χ3n) is 2.41. The Morgan fingerprint density at radius 1 is 1.59 bits per heavy atom. The van der Waals surface area contributed by atoms with Gasteiger partial charge >= 0.3 is 0 Å². The normalized spacial score (nSPS) is 12.1. The molecule has 0 saturated carbocycles. The van der Waals surface area contributed by atoms with Crippen molar-refractivity contribution in [2.24, 2.45) is 5.92 Å². The average molecular weight is 234 g/mol. The zero-order chi connectivity index (χ0) is 12.7. The van der Waals surface area contributed by atoms with Gasteiger partial charge in [0.25, 0.3) is 0 Å². The summed E-state index contributed by atoms with van der Waals surface area (Å²) in [6.07, 6.45) is 2.39. The molecule has 17 heavy (non-hydrogen) atoms. The van der Waals surface area contributed by atoms with Crippen molar-refractivity contribution in [3.8, 4) is 6.07 Å². The minimum atomic E-state index is -0.338. The van der Waals surface area contributed by atoms with Crippen molar-refractivity contribution >= 4 is 5.91 Å². The van der Waals surface area contributed by atoms with Crippen molar-refractivity contribution in [2.75, 3.05) is 6.54 Å². The first kappa shape index (κ1) is 13.3. The fourth-order valence-electron chi connectivity index (χ4n) is 1.44. The van der Waals surface area contributed by atoms with Gasteiger partial charge in [-0.1, -0.05) is 13.8 Å². The minimum absolute atomic E-state index is 0.00879. The van der Waals surface area contributed by atoms with Crippen molar-refractivity contribution < 1.29 is 9.21 Å². The number of carbonyl (C=O) groups excluding carboxylic acids is 1. The van der Waals surface area contributed by atoms with Crippen LogP contribution in [0.1, 0.15) is 38.4 Å². The van der Waals surface area contributed by atoms with Crippen LogP contribution >= 0.6 is 0 Å². The van der Waals surface area contributed by atoms with Crippen molar-refractivity contribution in [2.45, 2.75) is 32.6 Å². The maximum Gasteiger partial charge on any atom is 0.220 e. The lowest BCUT2D eigenvalue weighted by Crippen LogP contribution is -2.27. The lowest BCUT2D eigenvalue weighted by Gasteiger charge is -2.08. The average Bonchev–Trinajstić information content (AvgIpc) is 2.81. The molecule has 4 heteroatoms. The summed E-state index contributed by atoms with van der Waals surface area (Å²) < 4.78 is 5.16. The van der Waals surface area contributed by atoms with Gasteiger partial charge in [-0.05, 0) is 24.5 Å². The van der Waals surface area contributed by atoms with Gasteiger partial charge in [0.05, 0.1) is 12.3 Å². The van der Waals surface area contributed by atoms with E-state index in [1.807, 2.05) is 13.8 Å². The Labute approximate surface area is 102 Å². The third kappa shape index (κ3) is 4.73. The molecule has 0 aliphatic carbocycles. The van der Waals surface area contributed by atoms with E-state index in [0.29, 0.717) is 31.1 Å². The molecule has 1 atom stereocenters. The molecule has 1 rings (SSSR count). The largest absolute Gasteiger partial charge is 0.468 e. The maximum atomic E-state index is 11.5. The highest BCUT2D eigenvalue weighted by atomic mass is 16.3. The van der Waals surface area contributed by atoms with Gasteiger partial charge < -0.3 is 9.73 Å². The van der Waals surface area contributed by atoms with Crippen LogP contribution < -0.4 is 5.32 Å². The molecule has 0 aliphatic rings. The quantitative estimate of drug-likeness (QED) is 0.822. The first-order valence-electron chi connectivity index (χ1n) is 5.83. The Balaban J connectivity index is 2.34. The molecule has 1 amide bonds. The minimum Gasteiger partial charge on any atom is -0.468 e. The van der Waals surface area contributed by atoms with Gasteiger partial charge in [0.15, 0.2) is 0 Å².